The maximum absolute atomic E-state index is 10.5. The lowest BCUT2D eigenvalue weighted by Crippen LogP contribution is -2.61. The van der Waals surface area contributed by atoms with Crippen LogP contribution < -0.4 is 0 Å². The molecular formula is C17H21NO3. The number of piperidine rings is 1. The molecule has 3 aliphatic carbocycles. The quantitative estimate of drug-likeness (QED) is 0.664. The van der Waals surface area contributed by atoms with Crippen LogP contribution in [0.4, 0.5) is 0 Å². The molecule has 1 unspecified atom stereocenters. The van der Waals surface area contributed by atoms with Gasteiger partial charge in [0.25, 0.3) is 0 Å². The van der Waals surface area contributed by atoms with Crippen molar-refractivity contribution in [3.05, 3.63) is 35.1 Å². The van der Waals surface area contributed by atoms with Gasteiger partial charge in [-0.1, -0.05) is 17.7 Å². The van der Waals surface area contributed by atoms with Crippen molar-refractivity contribution in [3.8, 4) is 0 Å². The zero-order valence-corrected chi connectivity index (χ0v) is 12.2. The van der Waals surface area contributed by atoms with Gasteiger partial charge in [0, 0.05) is 17.4 Å². The minimum absolute atomic E-state index is 0.0914. The number of aliphatic hydroxyl groups excluding tert-OH is 2. The van der Waals surface area contributed by atoms with E-state index < -0.39 is 6.10 Å². The Morgan fingerprint density at radius 1 is 1.38 bits per heavy atom. The third kappa shape index (κ3) is 1.28. The monoisotopic (exact) mass is 287 g/mol. The van der Waals surface area contributed by atoms with Crippen molar-refractivity contribution in [2.24, 2.45) is 11.3 Å². The third-order valence-corrected chi connectivity index (χ3v) is 6.50. The Morgan fingerprint density at radius 3 is 3.10 bits per heavy atom. The van der Waals surface area contributed by atoms with Gasteiger partial charge in [-0.3, -0.25) is 0 Å². The predicted octanol–water partition coefficient (Wildman–Crippen LogP) is 1.54. The molecule has 4 heteroatoms. The molecule has 0 aromatic rings. The van der Waals surface area contributed by atoms with Gasteiger partial charge in [-0.05, 0) is 44.5 Å². The SMILES string of the molecule is CN1CC[C@]23C4=C5CC=C(O)C4O[C@H]2[C@@H](O)C=C[C@H]3[C@H]1C5. The van der Waals surface area contributed by atoms with E-state index in [1.54, 1.807) is 0 Å². The van der Waals surface area contributed by atoms with Gasteiger partial charge in [-0.15, -0.1) is 0 Å². The van der Waals surface area contributed by atoms with Gasteiger partial charge in [0.1, 0.15) is 11.9 Å². The molecule has 0 amide bonds. The Labute approximate surface area is 124 Å². The van der Waals surface area contributed by atoms with Crippen molar-refractivity contribution in [2.75, 3.05) is 13.6 Å². The van der Waals surface area contributed by atoms with E-state index in [-0.39, 0.29) is 17.6 Å². The van der Waals surface area contributed by atoms with Gasteiger partial charge in [-0.25, -0.2) is 0 Å². The first-order valence-corrected chi connectivity index (χ1v) is 7.96. The number of aliphatic hydroxyl groups is 2. The molecule has 2 bridgehead atoms. The van der Waals surface area contributed by atoms with Gasteiger partial charge < -0.3 is 19.8 Å². The van der Waals surface area contributed by atoms with Crippen molar-refractivity contribution in [2.45, 2.75) is 43.6 Å². The van der Waals surface area contributed by atoms with E-state index in [4.69, 9.17) is 4.74 Å². The highest BCUT2D eigenvalue weighted by Crippen LogP contribution is 2.64. The minimum atomic E-state index is -0.560. The molecule has 2 saturated heterocycles. The summed E-state index contributed by atoms with van der Waals surface area (Å²) in [5, 5.41) is 20.7. The fraction of sp³-hybridized carbons (Fsp3) is 0.647. The Balaban J connectivity index is 1.77. The van der Waals surface area contributed by atoms with Crippen LogP contribution in [0, 0.1) is 11.3 Å². The van der Waals surface area contributed by atoms with Crippen molar-refractivity contribution in [1.29, 1.82) is 0 Å². The molecule has 1 spiro atoms. The molecule has 0 saturated carbocycles. The molecule has 21 heavy (non-hydrogen) atoms. The molecule has 5 aliphatic rings. The van der Waals surface area contributed by atoms with Gasteiger partial charge in [0.05, 0.1) is 12.2 Å². The molecule has 2 fully saturated rings. The standard InChI is InChI=1S/C17H21NO3/c1-18-7-6-17-10-3-5-13(20)16(17)21-15-12(19)4-2-9(14(15)17)8-11(10)18/h3-5,10-11,13,15-16,19-20H,2,6-8H2,1H3/t10-,11+,13-,15?,16-,17-/m0/s1. The van der Waals surface area contributed by atoms with Gasteiger partial charge in [0.15, 0.2) is 0 Å². The summed E-state index contributed by atoms with van der Waals surface area (Å²) in [5.74, 6) is 0.750. The topological polar surface area (TPSA) is 52.9 Å². The first-order chi connectivity index (χ1) is 10.1. The second-order valence-electron chi connectivity index (χ2n) is 7.23. The summed E-state index contributed by atoms with van der Waals surface area (Å²) in [6, 6.07) is 0.500. The molecule has 0 aromatic carbocycles. The highest BCUT2D eigenvalue weighted by molar-refractivity contribution is 5.48. The van der Waals surface area contributed by atoms with Crippen LogP contribution in [0.15, 0.2) is 35.1 Å². The number of nitrogens with zero attached hydrogens (tertiary/aromatic N) is 1. The summed E-state index contributed by atoms with van der Waals surface area (Å²) in [6.07, 6.45) is 7.87. The first kappa shape index (κ1) is 12.4. The smallest absolute Gasteiger partial charge is 0.136 e. The normalized spacial score (nSPS) is 51.0. The highest BCUT2D eigenvalue weighted by atomic mass is 16.5. The largest absolute Gasteiger partial charge is 0.510 e. The van der Waals surface area contributed by atoms with E-state index in [1.165, 1.54) is 11.1 Å². The molecule has 0 aromatic heterocycles. The summed E-state index contributed by atoms with van der Waals surface area (Å²) in [6.45, 7) is 1.04. The number of hydrogen-bond acceptors (Lipinski definition) is 4. The Hall–Kier alpha value is -1.10. The van der Waals surface area contributed by atoms with E-state index in [1.807, 2.05) is 12.2 Å². The van der Waals surface area contributed by atoms with Gasteiger partial charge in [0.2, 0.25) is 0 Å². The lowest BCUT2D eigenvalue weighted by molar-refractivity contribution is -0.0968. The van der Waals surface area contributed by atoms with Crippen molar-refractivity contribution < 1.29 is 14.9 Å². The molecule has 2 N–H and O–H groups in total. The number of ether oxygens (including phenoxy) is 1. The first-order valence-electron chi connectivity index (χ1n) is 7.96. The van der Waals surface area contributed by atoms with Crippen LogP contribution in [0.2, 0.25) is 0 Å². The van der Waals surface area contributed by atoms with Crippen LogP contribution in [0.5, 0.6) is 0 Å². The number of hydrogen-bond donors (Lipinski definition) is 2. The maximum Gasteiger partial charge on any atom is 0.136 e. The molecule has 6 atom stereocenters. The number of likely N-dealkylation sites (tertiary alicyclic amines) is 1. The maximum atomic E-state index is 10.5. The molecule has 5 rings (SSSR count). The van der Waals surface area contributed by atoms with Crippen LogP contribution in [-0.2, 0) is 4.74 Å². The molecular weight excluding hydrogens is 266 g/mol. The fourth-order valence-electron chi connectivity index (χ4n) is 5.62. The van der Waals surface area contributed by atoms with Crippen molar-refractivity contribution in [3.63, 3.8) is 0 Å². The van der Waals surface area contributed by atoms with E-state index >= 15 is 0 Å². The molecule has 0 radical (unpaired) electrons. The Morgan fingerprint density at radius 2 is 2.24 bits per heavy atom. The summed E-state index contributed by atoms with van der Waals surface area (Å²) >= 11 is 0. The van der Waals surface area contributed by atoms with Crippen molar-refractivity contribution >= 4 is 0 Å². The number of rotatable bonds is 0. The van der Waals surface area contributed by atoms with Crippen LogP contribution in [-0.4, -0.2) is 53.1 Å². The highest BCUT2D eigenvalue weighted by Gasteiger charge is 2.66. The summed E-state index contributed by atoms with van der Waals surface area (Å²) in [5.41, 5.74) is 2.66. The van der Waals surface area contributed by atoms with Crippen LogP contribution in [0.3, 0.4) is 0 Å². The third-order valence-electron chi connectivity index (χ3n) is 6.50. The average molecular weight is 287 g/mol. The summed E-state index contributed by atoms with van der Waals surface area (Å²) in [7, 11) is 2.21. The zero-order valence-electron chi connectivity index (χ0n) is 12.2. The minimum Gasteiger partial charge on any atom is -0.510 e. The lowest BCUT2D eigenvalue weighted by atomic mass is 9.52. The second kappa shape index (κ2) is 3.80. The molecule has 112 valence electrons. The number of allylic oxidation sites excluding steroid dienone is 1. The Bertz CT molecular complexity index is 607. The van der Waals surface area contributed by atoms with Crippen molar-refractivity contribution in [1.82, 2.24) is 4.90 Å². The summed E-state index contributed by atoms with van der Waals surface area (Å²) < 4.78 is 6.19. The van der Waals surface area contributed by atoms with E-state index in [0.29, 0.717) is 17.7 Å². The van der Waals surface area contributed by atoms with E-state index in [9.17, 15) is 10.2 Å². The van der Waals surface area contributed by atoms with Crippen LogP contribution in [0.1, 0.15) is 19.3 Å². The van der Waals surface area contributed by atoms with Crippen LogP contribution in [0.25, 0.3) is 0 Å². The van der Waals surface area contributed by atoms with Gasteiger partial charge >= 0.3 is 0 Å². The Kier molecular flexibility index (Phi) is 2.25. The molecule has 4 nitrogen and oxygen atoms in total. The second-order valence-corrected chi connectivity index (χ2v) is 7.23. The van der Waals surface area contributed by atoms with Crippen LogP contribution >= 0.6 is 0 Å². The van der Waals surface area contributed by atoms with Gasteiger partial charge in [-0.2, -0.15) is 0 Å². The zero-order chi connectivity index (χ0) is 14.4. The fourth-order valence-corrected chi connectivity index (χ4v) is 5.62. The average Bonchev–Trinajstić information content (AvgIpc) is 2.83. The summed E-state index contributed by atoms with van der Waals surface area (Å²) in [4.78, 5) is 2.46. The molecule has 2 aliphatic heterocycles. The molecule has 2 heterocycles. The van der Waals surface area contributed by atoms with E-state index in [2.05, 4.69) is 18.0 Å². The predicted molar refractivity (Wildman–Crippen MR) is 77.7 cm³/mol. The van der Waals surface area contributed by atoms with E-state index in [0.717, 1.165) is 25.8 Å². The lowest BCUT2D eigenvalue weighted by Gasteiger charge is -2.57.